The van der Waals surface area contributed by atoms with Crippen LogP contribution in [0.2, 0.25) is 0 Å². The van der Waals surface area contributed by atoms with Crippen LogP contribution in [0.3, 0.4) is 0 Å². The molecule has 0 spiro atoms. The number of hydrogen-bond acceptors (Lipinski definition) is 3. The number of guanidine groups is 1. The summed E-state index contributed by atoms with van der Waals surface area (Å²) >= 11 is 0. The molecule has 0 unspecified atom stereocenters. The Hall–Kier alpha value is -1.37. The molecule has 0 bridgehead atoms. The van der Waals surface area contributed by atoms with Crippen molar-refractivity contribution >= 4 is 16.0 Å². The van der Waals surface area contributed by atoms with Gasteiger partial charge in [-0.1, -0.05) is 12.7 Å². The third-order valence-corrected chi connectivity index (χ3v) is 4.59. The van der Waals surface area contributed by atoms with E-state index in [1.807, 2.05) is 0 Å². The molecule has 0 aliphatic heterocycles. The van der Waals surface area contributed by atoms with Gasteiger partial charge < -0.3 is 5.73 Å². The van der Waals surface area contributed by atoms with Crippen molar-refractivity contribution in [2.24, 2.45) is 5.73 Å². The van der Waals surface area contributed by atoms with Gasteiger partial charge in [-0.25, -0.2) is 17.1 Å². The van der Waals surface area contributed by atoms with Gasteiger partial charge in [-0.2, -0.15) is 0 Å². The smallest absolute Gasteiger partial charge is 0.248 e. The molecule has 0 aromatic carbocycles. The minimum absolute atomic E-state index is 0.531. The van der Waals surface area contributed by atoms with Crippen molar-refractivity contribution in [3.05, 3.63) is 24.6 Å². The zero-order chi connectivity index (χ0) is 13.1. The maximum Gasteiger partial charge on any atom is 0.248 e. The normalized spacial score (nSPS) is 13.4. The summed E-state index contributed by atoms with van der Waals surface area (Å²) in [7, 11) is -2.97. The van der Waals surface area contributed by atoms with Crippen LogP contribution in [0.1, 0.15) is 13.8 Å². The van der Waals surface area contributed by atoms with Gasteiger partial charge in [0.05, 0.1) is 0 Å². The summed E-state index contributed by atoms with van der Waals surface area (Å²) in [6, 6.07) is 0. The number of hydrogen-bond donors (Lipinski definition) is 2. The third kappa shape index (κ3) is 2.41. The van der Waals surface area contributed by atoms with Crippen LogP contribution in [0.15, 0.2) is 24.6 Å². The second-order valence-electron chi connectivity index (χ2n) is 3.62. The van der Waals surface area contributed by atoms with Crippen LogP contribution < -0.4 is 5.73 Å². The van der Waals surface area contributed by atoms with E-state index in [1.165, 1.54) is 13.8 Å². The lowest BCUT2D eigenvalue weighted by Crippen LogP contribution is -2.48. The van der Waals surface area contributed by atoms with E-state index in [0.29, 0.717) is 4.31 Å². The van der Waals surface area contributed by atoms with Crippen molar-refractivity contribution in [2.75, 3.05) is 7.05 Å². The van der Waals surface area contributed by atoms with Crippen LogP contribution >= 0.6 is 0 Å². The van der Waals surface area contributed by atoms with Gasteiger partial charge >= 0.3 is 0 Å². The van der Waals surface area contributed by atoms with E-state index in [0.717, 1.165) is 19.2 Å². The Morgan fingerprint density at radius 2 is 2.00 bits per heavy atom. The number of nitrogens with two attached hydrogens (primary N) is 1. The Kier molecular flexibility index (Phi) is 4.25. The minimum atomic E-state index is -4.07. The fourth-order valence-corrected chi connectivity index (χ4v) is 2.16. The van der Waals surface area contributed by atoms with Crippen molar-refractivity contribution in [3.8, 4) is 0 Å². The molecular weight excluding hydrogens is 233 g/mol. The molecule has 92 valence electrons. The van der Waals surface area contributed by atoms with E-state index < -0.39 is 26.6 Å². The van der Waals surface area contributed by atoms with Gasteiger partial charge in [-0.15, -0.1) is 0 Å². The maximum atomic E-state index is 13.6. The fraction of sp³-hybridized carbons (Fsp3) is 0.444. The highest BCUT2D eigenvalue weighted by atomic mass is 32.2. The van der Waals surface area contributed by atoms with Gasteiger partial charge in [-0.05, 0) is 19.9 Å². The fourth-order valence-electron chi connectivity index (χ4n) is 0.899. The van der Waals surface area contributed by atoms with E-state index in [2.05, 4.69) is 6.58 Å². The molecule has 0 fully saturated rings. The molecule has 0 saturated carbocycles. The molecule has 5 nitrogen and oxygen atoms in total. The highest BCUT2D eigenvalue weighted by Gasteiger charge is 2.42. The molecule has 0 saturated heterocycles. The second kappa shape index (κ2) is 4.65. The number of halogens is 1. The van der Waals surface area contributed by atoms with Gasteiger partial charge in [0.15, 0.2) is 0 Å². The number of nitrogens with one attached hydrogen (secondary N) is 1. The highest BCUT2D eigenvalue weighted by Crippen LogP contribution is 2.29. The molecule has 0 amide bonds. The zero-order valence-corrected chi connectivity index (χ0v) is 10.3. The van der Waals surface area contributed by atoms with Crippen molar-refractivity contribution in [3.63, 3.8) is 0 Å². The monoisotopic (exact) mass is 249 g/mol. The molecule has 7 heteroatoms. The SMILES string of the molecule is C=C/C=C(/F)C(C)(C)S(=O)(=O)N(C)C(=N)N. The molecule has 0 aromatic rings. The van der Waals surface area contributed by atoms with Crippen molar-refractivity contribution < 1.29 is 12.8 Å². The zero-order valence-electron chi connectivity index (χ0n) is 9.49. The average Bonchev–Trinajstić information content (AvgIpc) is 2.16. The summed E-state index contributed by atoms with van der Waals surface area (Å²) in [6.45, 7) is 5.67. The van der Waals surface area contributed by atoms with Gasteiger partial charge in [0.25, 0.3) is 0 Å². The summed E-state index contributed by atoms with van der Waals surface area (Å²) in [4.78, 5) is 0. The van der Waals surface area contributed by atoms with Gasteiger partial charge in [-0.3, -0.25) is 5.41 Å². The first-order valence-corrected chi connectivity index (χ1v) is 5.84. The first kappa shape index (κ1) is 14.6. The van der Waals surface area contributed by atoms with Crippen LogP contribution in [-0.2, 0) is 10.0 Å². The standard InChI is InChI=1S/C9H16FN3O2S/c1-5-6-7(10)9(2,3)16(14,15)13(4)8(11)12/h5-6H,1H2,2-4H3,(H3,11,12)/b7-6+. The minimum Gasteiger partial charge on any atom is -0.369 e. The van der Waals surface area contributed by atoms with Crippen LogP contribution in [0.25, 0.3) is 0 Å². The van der Waals surface area contributed by atoms with E-state index in [4.69, 9.17) is 11.1 Å². The average molecular weight is 249 g/mol. The van der Waals surface area contributed by atoms with Crippen molar-refractivity contribution in [1.29, 1.82) is 5.41 Å². The molecule has 0 aromatic heterocycles. The quantitative estimate of drug-likeness (QED) is 0.442. The van der Waals surface area contributed by atoms with Crippen LogP contribution in [-0.4, -0.2) is 30.5 Å². The van der Waals surface area contributed by atoms with E-state index in [1.54, 1.807) is 0 Å². The molecule has 0 radical (unpaired) electrons. The molecule has 0 atom stereocenters. The number of sulfonamides is 1. The predicted octanol–water partition coefficient (Wildman–Crippen LogP) is 0.959. The number of rotatable bonds is 4. The largest absolute Gasteiger partial charge is 0.369 e. The topological polar surface area (TPSA) is 87.2 Å². The molecule has 0 aliphatic rings. The van der Waals surface area contributed by atoms with E-state index >= 15 is 0 Å². The Labute approximate surface area is 95.0 Å². The summed E-state index contributed by atoms with van der Waals surface area (Å²) in [5, 5.41) is 7.04. The van der Waals surface area contributed by atoms with Gasteiger partial charge in [0.1, 0.15) is 10.6 Å². The van der Waals surface area contributed by atoms with Crippen molar-refractivity contribution in [2.45, 2.75) is 18.6 Å². The predicted molar refractivity (Wildman–Crippen MR) is 62.1 cm³/mol. The number of allylic oxidation sites excluding steroid dienone is 2. The first-order valence-electron chi connectivity index (χ1n) is 4.40. The third-order valence-electron chi connectivity index (χ3n) is 2.18. The summed E-state index contributed by atoms with van der Waals surface area (Å²) in [5.74, 6) is -1.53. The van der Waals surface area contributed by atoms with E-state index in [9.17, 15) is 12.8 Å². The Bertz CT molecular complexity index is 426. The summed E-state index contributed by atoms with van der Waals surface area (Å²) in [6.07, 6.45) is 2.12. The van der Waals surface area contributed by atoms with Crippen LogP contribution in [0.4, 0.5) is 4.39 Å². The maximum absolute atomic E-state index is 13.6. The lowest BCUT2D eigenvalue weighted by Gasteiger charge is -2.28. The lowest BCUT2D eigenvalue weighted by molar-refractivity contribution is 0.476. The summed E-state index contributed by atoms with van der Waals surface area (Å²) in [5.41, 5.74) is 5.06. The highest BCUT2D eigenvalue weighted by molar-refractivity contribution is 7.91. The molecule has 0 rings (SSSR count). The molecule has 0 heterocycles. The van der Waals surface area contributed by atoms with Gasteiger partial charge in [0, 0.05) is 7.05 Å². The first-order chi connectivity index (χ1) is 7.09. The van der Waals surface area contributed by atoms with Crippen LogP contribution in [0, 0.1) is 5.41 Å². The van der Waals surface area contributed by atoms with Crippen LogP contribution in [0.5, 0.6) is 0 Å². The Morgan fingerprint density at radius 3 is 2.31 bits per heavy atom. The van der Waals surface area contributed by atoms with Gasteiger partial charge in [0.2, 0.25) is 16.0 Å². The molecule has 0 aliphatic carbocycles. The van der Waals surface area contributed by atoms with Crippen molar-refractivity contribution in [1.82, 2.24) is 4.31 Å². The Morgan fingerprint density at radius 1 is 1.56 bits per heavy atom. The summed E-state index contributed by atoms with van der Waals surface area (Å²) < 4.78 is 36.1. The lowest BCUT2D eigenvalue weighted by atomic mass is 10.1. The molecular formula is C9H16FN3O2S. The van der Waals surface area contributed by atoms with E-state index in [-0.39, 0.29) is 0 Å². The molecule has 16 heavy (non-hydrogen) atoms. The second-order valence-corrected chi connectivity index (χ2v) is 6.14. The number of nitrogens with zero attached hydrogens (tertiary/aromatic N) is 1. The molecule has 3 N–H and O–H groups in total. The Balaban J connectivity index is 5.56.